The van der Waals surface area contributed by atoms with Crippen LogP contribution in [0.25, 0.3) is 0 Å². The van der Waals surface area contributed by atoms with Crippen molar-refractivity contribution in [3.8, 4) is 0 Å². The lowest BCUT2D eigenvalue weighted by atomic mass is 10.2. The summed E-state index contributed by atoms with van der Waals surface area (Å²) in [5.41, 5.74) is 6.81. The number of hydrogen-bond donors (Lipinski definition) is 2. The van der Waals surface area contributed by atoms with E-state index in [1.807, 2.05) is 6.92 Å². The lowest BCUT2D eigenvalue weighted by Crippen LogP contribution is -2.31. The summed E-state index contributed by atoms with van der Waals surface area (Å²) < 4.78 is 25.8. The number of rotatable bonds is 5. The summed E-state index contributed by atoms with van der Waals surface area (Å²) in [6.07, 6.45) is 1.38. The minimum atomic E-state index is -3.30. The van der Waals surface area contributed by atoms with Crippen molar-refractivity contribution in [1.82, 2.24) is 4.90 Å². The zero-order chi connectivity index (χ0) is 15.5. The van der Waals surface area contributed by atoms with Crippen LogP contribution in [0, 0.1) is 0 Å². The summed E-state index contributed by atoms with van der Waals surface area (Å²) in [7, 11) is -3.30. The average Bonchev–Trinajstić information content (AvgIpc) is 2.85. The molecule has 1 aliphatic heterocycles. The van der Waals surface area contributed by atoms with Gasteiger partial charge in [-0.1, -0.05) is 6.92 Å². The second kappa shape index (κ2) is 7.80. The minimum Gasteiger partial charge on any atom is -0.337 e. The quantitative estimate of drug-likeness (QED) is 0.842. The van der Waals surface area contributed by atoms with Gasteiger partial charge in [0.25, 0.3) is 5.91 Å². The Hall–Kier alpha value is -1.31. The monoisotopic (exact) mass is 347 g/mol. The molecule has 0 aromatic heterocycles. The summed E-state index contributed by atoms with van der Waals surface area (Å²) in [6, 6.07) is 6.54. The van der Waals surface area contributed by atoms with E-state index in [1.165, 1.54) is 0 Å². The highest BCUT2D eigenvalue weighted by Gasteiger charge is 2.24. The van der Waals surface area contributed by atoms with E-state index in [4.69, 9.17) is 5.73 Å². The fraction of sp³-hybridized carbons (Fsp3) is 0.500. The van der Waals surface area contributed by atoms with E-state index in [1.54, 1.807) is 29.2 Å². The average molecular weight is 348 g/mol. The standard InChI is InChI=1S/C14H21N3O3S.ClH/c1-2-9-21(19,20)16-13-5-3-11(4-6-13)14(18)17-8-7-12(15)10-17;/h3-6,12,16H,2,7-10,15H2,1H3;1H/t12-;/m1./s1. The predicted molar refractivity (Wildman–Crippen MR) is 89.9 cm³/mol. The van der Waals surface area contributed by atoms with Crippen LogP contribution >= 0.6 is 12.4 Å². The highest BCUT2D eigenvalue weighted by Crippen LogP contribution is 2.16. The van der Waals surface area contributed by atoms with Crippen molar-refractivity contribution in [2.24, 2.45) is 5.73 Å². The maximum atomic E-state index is 12.2. The number of nitrogens with two attached hydrogens (primary N) is 1. The number of sulfonamides is 1. The molecule has 3 N–H and O–H groups in total. The van der Waals surface area contributed by atoms with Crippen LogP contribution in [0.1, 0.15) is 30.1 Å². The summed E-state index contributed by atoms with van der Waals surface area (Å²) in [6.45, 7) is 3.05. The first kappa shape index (κ1) is 18.7. The van der Waals surface area contributed by atoms with Gasteiger partial charge in [-0.2, -0.15) is 0 Å². The van der Waals surface area contributed by atoms with Crippen molar-refractivity contribution in [2.45, 2.75) is 25.8 Å². The molecule has 8 heteroatoms. The molecule has 0 aliphatic carbocycles. The highest BCUT2D eigenvalue weighted by atomic mass is 35.5. The number of likely N-dealkylation sites (tertiary alicyclic amines) is 1. The number of anilines is 1. The molecular weight excluding hydrogens is 326 g/mol. The van der Waals surface area contributed by atoms with Gasteiger partial charge in [0.2, 0.25) is 10.0 Å². The van der Waals surface area contributed by atoms with Crippen LogP contribution in [0.15, 0.2) is 24.3 Å². The molecule has 6 nitrogen and oxygen atoms in total. The molecule has 2 rings (SSSR count). The van der Waals surface area contributed by atoms with Crippen molar-refractivity contribution in [2.75, 3.05) is 23.6 Å². The van der Waals surface area contributed by atoms with Crippen LogP contribution in [0.2, 0.25) is 0 Å². The molecule has 1 amide bonds. The number of hydrogen-bond acceptors (Lipinski definition) is 4. The van der Waals surface area contributed by atoms with E-state index in [0.29, 0.717) is 30.8 Å². The Balaban J connectivity index is 0.00000242. The van der Waals surface area contributed by atoms with Gasteiger partial charge in [-0.3, -0.25) is 9.52 Å². The summed E-state index contributed by atoms with van der Waals surface area (Å²) >= 11 is 0. The second-order valence-electron chi connectivity index (χ2n) is 5.30. The Morgan fingerprint density at radius 2 is 2.00 bits per heavy atom. The largest absolute Gasteiger partial charge is 0.337 e. The maximum Gasteiger partial charge on any atom is 0.253 e. The summed E-state index contributed by atoms with van der Waals surface area (Å²) in [5, 5.41) is 0. The molecule has 1 heterocycles. The maximum absolute atomic E-state index is 12.2. The topological polar surface area (TPSA) is 92.5 Å². The molecule has 1 aliphatic rings. The molecule has 0 unspecified atom stereocenters. The Morgan fingerprint density at radius 3 is 2.50 bits per heavy atom. The fourth-order valence-electron chi connectivity index (χ4n) is 2.33. The van der Waals surface area contributed by atoms with Crippen molar-refractivity contribution in [3.63, 3.8) is 0 Å². The van der Waals surface area contributed by atoms with Crippen LogP contribution in [0.5, 0.6) is 0 Å². The molecule has 0 bridgehead atoms. The van der Waals surface area contributed by atoms with Gasteiger partial charge in [0, 0.05) is 30.4 Å². The van der Waals surface area contributed by atoms with E-state index < -0.39 is 10.0 Å². The Kier molecular flexibility index (Phi) is 6.65. The molecule has 0 spiro atoms. The van der Waals surface area contributed by atoms with Gasteiger partial charge in [0.15, 0.2) is 0 Å². The normalized spacial score (nSPS) is 17.9. The van der Waals surface area contributed by atoms with E-state index in [-0.39, 0.29) is 30.1 Å². The third-order valence-corrected chi connectivity index (χ3v) is 4.88. The molecule has 1 atom stereocenters. The number of halogens is 1. The summed E-state index contributed by atoms with van der Waals surface area (Å²) in [5.74, 6) is 0.0187. The lowest BCUT2D eigenvalue weighted by molar-refractivity contribution is 0.0791. The van der Waals surface area contributed by atoms with E-state index in [9.17, 15) is 13.2 Å². The molecule has 1 saturated heterocycles. The Morgan fingerprint density at radius 1 is 1.36 bits per heavy atom. The minimum absolute atomic E-state index is 0. The fourth-order valence-corrected chi connectivity index (χ4v) is 3.47. The molecule has 0 radical (unpaired) electrons. The van der Waals surface area contributed by atoms with Crippen molar-refractivity contribution in [3.05, 3.63) is 29.8 Å². The van der Waals surface area contributed by atoms with Gasteiger partial charge in [-0.05, 0) is 37.1 Å². The second-order valence-corrected chi connectivity index (χ2v) is 7.14. The third kappa shape index (κ3) is 4.86. The van der Waals surface area contributed by atoms with Gasteiger partial charge in [0.05, 0.1) is 5.75 Å². The van der Waals surface area contributed by atoms with Gasteiger partial charge >= 0.3 is 0 Å². The molecule has 22 heavy (non-hydrogen) atoms. The number of benzene rings is 1. The number of carbonyl (C=O) groups excluding carboxylic acids is 1. The number of nitrogens with zero attached hydrogens (tertiary/aromatic N) is 1. The van der Waals surface area contributed by atoms with Crippen molar-refractivity contribution in [1.29, 1.82) is 0 Å². The summed E-state index contributed by atoms with van der Waals surface area (Å²) in [4.78, 5) is 13.9. The molecule has 0 saturated carbocycles. The van der Waals surface area contributed by atoms with Crippen LogP contribution in [-0.2, 0) is 10.0 Å². The van der Waals surface area contributed by atoms with E-state index in [0.717, 1.165) is 6.42 Å². The molecule has 1 aromatic rings. The predicted octanol–water partition coefficient (Wildman–Crippen LogP) is 1.43. The Labute approximate surface area is 137 Å². The van der Waals surface area contributed by atoms with Gasteiger partial charge < -0.3 is 10.6 Å². The van der Waals surface area contributed by atoms with Gasteiger partial charge in [-0.25, -0.2) is 8.42 Å². The highest BCUT2D eigenvalue weighted by molar-refractivity contribution is 7.92. The van der Waals surface area contributed by atoms with Crippen molar-refractivity contribution >= 4 is 34.0 Å². The SMILES string of the molecule is CCCS(=O)(=O)Nc1ccc(C(=O)N2CC[C@@H](N)C2)cc1.Cl. The number of nitrogens with one attached hydrogen (secondary N) is 1. The first-order valence-electron chi connectivity index (χ1n) is 7.06. The zero-order valence-corrected chi connectivity index (χ0v) is 14.1. The first-order valence-corrected chi connectivity index (χ1v) is 8.72. The number of amides is 1. The van der Waals surface area contributed by atoms with Crippen LogP contribution in [0.4, 0.5) is 5.69 Å². The van der Waals surface area contributed by atoms with Crippen LogP contribution < -0.4 is 10.5 Å². The zero-order valence-electron chi connectivity index (χ0n) is 12.5. The number of carbonyl (C=O) groups is 1. The Bertz CT molecular complexity index is 604. The molecule has 1 aromatic carbocycles. The van der Waals surface area contributed by atoms with Gasteiger partial charge in [-0.15, -0.1) is 12.4 Å². The van der Waals surface area contributed by atoms with E-state index in [2.05, 4.69) is 4.72 Å². The smallest absolute Gasteiger partial charge is 0.253 e. The first-order chi connectivity index (χ1) is 9.91. The van der Waals surface area contributed by atoms with E-state index >= 15 is 0 Å². The van der Waals surface area contributed by atoms with Gasteiger partial charge in [0.1, 0.15) is 0 Å². The third-order valence-electron chi connectivity index (χ3n) is 3.39. The molecule has 1 fully saturated rings. The van der Waals surface area contributed by atoms with Crippen LogP contribution in [-0.4, -0.2) is 44.1 Å². The molecule has 124 valence electrons. The van der Waals surface area contributed by atoms with Crippen molar-refractivity contribution < 1.29 is 13.2 Å². The lowest BCUT2D eigenvalue weighted by Gasteiger charge is -2.16. The molecular formula is C14H22ClN3O3S. The van der Waals surface area contributed by atoms with Crippen LogP contribution in [0.3, 0.4) is 0 Å².